The largest absolute Gasteiger partial charge is 0.333 e. The molecule has 0 fully saturated rings. The van der Waals surface area contributed by atoms with Gasteiger partial charge in [0.25, 0.3) is 0 Å². The monoisotopic (exact) mass is 380 g/mol. The average Bonchev–Trinajstić information content (AvgIpc) is 2.70. The van der Waals surface area contributed by atoms with Crippen LogP contribution in [0.5, 0.6) is 0 Å². The summed E-state index contributed by atoms with van der Waals surface area (Å²) in [5, 5.41) is 5.87. The number of thioether (sulfide) groups is 1. The number of rotatable bonds is 3. The number of benzene rings is 1. The van der Waals surface area contributed by atoms with Crippen LogP contribution in [0, 0.1) is 5.92 Å². The molecule has 2 rings (SSSR count). The molecule has 0 aromatic heterocycles. The molecule has 0 amide bonds. The number of halogens is 3. The van der Waals surface area contributed by atoms with Gasteiger partial charge in [-0.1, -0.05) is 64.7 Å². The van der Waals surface area contributed by atoms with Gasteiger partial charge in [-0.25, -0.2) is 0 Å². The molecule has 0 saturated heterocycles. The van der Waals surface area contributed by atoms with Crippen LogP contribution in [0.2, 0.25) is 10.0 Å². The third-order valence-electron chi connectivity index (χ3n) is 2.69. The molecule has 1 atom stereocenters. The summed E-state index contributed by atoms with van der Waals surface area (Å²) in [6, 6.07) is 3.64. The van der Waals surface area contributed by atoms with Gasteiger partial charge in [0.15, 0.2) is 5.17 Å². The molecule has 1 heterocycles. The minimum absolute atomic E-state index is 0.551. The molecule has 1 aliphatic heterocycles. The molecule has 104 valence electrons. The van der Waals surface area contributed by atoms with Crippen LogP contribution in [0.1, 0.15) is 20.3 Å². The minimum Gasteiger partial charge on any atom is -0.333 e. The number of aliphatic imine (C=N–C) groups is 1. The van der Waals surface area contributed by atoms with Gasteiger partial charge in [-0.05, 0) is 24.5 Å². The lowest BCUT2D eigenvalue weighted by Crippen LogP contribution is -2.10. The molecular formula is C13H15BrCl2N2S. The Bertz CT molecular complexity index is 482. The summed E-state index contributed by atoms with van der Waals surface area (Å²) in [7, 11) is 0. The molecule has 1 aromatic carbocycles. The quantitative estimate of drug-likeness (QED) is 0.727. The highest BCUT2D eigenvalue weighted by Gasteiger charge is 2.21. The van der Waals surface area contributed by atoms with Gasteiger partial charge in [0.05, 0.1) is 22.3 Å². The zero-order chi connectivity index (χ0) is 14.0. The molecule has 0 aliphatic carbocycles. The Morgan fingerprint density at radius 2 is 2.05 bits per heavy atom. The summed E-state index contributed by atoms with van der Waals surface area (Å²) in [6.45, 7) is 5.32. The average molecular weight is 382 g/mol. The predicted octanol–water partition coefficient (Wildman–Crippen LogP) is 5.69. The van der Waals surface area contributed by atoms with Crippen molar-refractivity contribution in [3.63, 3.8) is 0 Å². The maximum atomic E-state index is 6.19. The van der Waals surface area contributed by atoms with Crippen LogP contribution in [0.15, 0.2) is 21.6 Å². The van der Waals surface area contributed by atoms with Gasteiger partial charge in [-0.15, -0.1) is 0 Å². The van der Waals surface area contributed by atoms with Crippen molar-refractivity contribution in [2.45, 2.75) is 25.5 Å². The number of amidine groups is 1. The topological polar surface area (TPSA) is 24.4 Å². The van der Waals surface area contributed by atoms with Crippen molar-refractivity contribution in [3.05, 3.63) is 26.7 Å². The second-order valence-electron chi connectivity index (χ2n) is 4.88. The summed E-state index contributed by atoms with van der Waals surface area (Å²) in [4.78, 5) is 4.51. The summed E-state index contributed by atoms with van der Waals surface area (Å²) >= 11 is 17.5. The van der Waals surface area contributed by atoms with Gasteiger partial charge < -0.3 is 5.32 Å². The van der Waals surface area contributed by atoms with Crippen LogP contribution in [-0.2, 0) is 0 Å². The summed E-state index contributed by atoms with van der Waals surface area (Å²) in [5.41, 5.74) is 0.725. The van der Waals surface area contributed by atoms with Crippen LogP contribution < -0.4 is 5.32 Å². The molecule has 0 saturated carbocycles. The van der Waals surface area contributed by atoms with Crippen molar-refractivity contribution in [1.82, 2.24) is 0 Å². The smallest absolute Gasteiger partial charge is 0.161 e. The van der Waals surface area contributed by atoms with Crippen LogP contribution >= 0.6 is 50.9 Å². The van der Waals surface area contributed by atoms with Gasteiger partial charge in [-0.3, -0.25) is 4.99 Å². The number of anilines is 1. The van der Waals surface area contributed by atoms with E-state index in [-0.39, 0.29) is 0 Å². The van der Waals surface area contributed by atoms with E-state index in [2.05, 4.69) is 40.1 Å². The van der Waals surface area contributed by atoms with Crippen molar-refractivity contribution in [3.8, 4) is 0 Å². The minimum atomic E-state index is 0.551. The number of nitrogens with zero attached hydrogens (tertiary/aromatic N) is 1. The first-order chi connectivity index (χ1) is 8.95. The standard InChI is InChI=1S/C13H15BrCl2N2S/c1-7(2)3-9-6-17-13(19-9)18-12-10(15)4-8(14)5-11(12)16/h4-5,7,9H,3,6H2,1-2H3,(H,17,18). The van der Waals surface area contributed by atoms with E-state index in [9.17, 15) is 0 Å². The lowest BCUT2D eigenvalue weighted by molar-refractivity contribution is 0.575. The molecule has 1 aromatic rings. The van der Waals surface area contributed by atoms with Crippen molar-refractivity contribution in [2.24, 2.45) is 10.9 Å². The fourth-order valence-corrected chi connectivity index (χ4v) is 4.46. The van der Waals surface area contributed by atoms with E-state index >= 15 is 0 Å². The van der Waals surface area contributed by atoms with E-state index in [1.807, 2.05) is 12.1 Å². The highest BCUT2D eigenvalue weighted by molar-refractivity contribution is 9.10. The zero-order valence-corrected chi connectivity index (χ0v) is 14.6. The second-order valence-corrected chi connectivity index (χ2v) is 7.90. The Morgan fingerprint density at radius 3 is 2.63 bits per heavy atom. The predicted molar refractivity (Wildman–Crippen MR) is 90.9 cm³/mol. The SMILES string of the molecule is CC(C)CC1CN=C(Nc2c(Cl)cc(Br)cc2Cl)S1. The number of nitrogens with one attached hydrogen (secondary N) is 1. The first-order valence-corrected chi connectivity index (χ1v) is 8.51. The van der Waals surface area contributed by atoms with E-state index in [4.69, 9.17) is 23.2 Å². The summed E-state index contributed by atoms with van der Waals surface area (Å²) in [6.07, 6.45) is 1.17. The number of hydrogen-bond acceptors (Lipinski definition) is 3. The lowest BCUT2D eigenvalue weighted by Gasteiger charge is -2.13. The highest BCUT2D eigenvalue weighted by atomic mass is 79.9. The lowest BCUT2D eigenvalue weighted by atomic mass is 10.1. The second kappa shape index (κ2) is 6.70. The Morgan fingerprint density at radius 1 is 1.42 bits per heavy atom. The summed E-state index contributed by atoms with van der Waals surface area (Å²) in [5.74, 6) is 0.687. The molecule has 1 aliphatic rings. The molecule has 0 radical (unpaired) electrons. The van der Waals surface area contributed by atoms with E-state index in [1.165, 1.54) is 6.42 Å². The Kier molecular flexibility index (Phi) is 5.46. The fourth-order valence-electron chi connectivity index (χ4n) is 1.90. The molecule has 0 spiro atoms. The van der Waals surface area contributed by atoms with Crippen LogP contribution in [0.25, 0.3) is 0 Å². The zero-order valence-electron chi connectivity index (χ0n) is 10.7. The Balaban J connectivity index is 2.04. The van der Waals surface area contributed by atoms with Gasteiger partial charge >= 0.3 is 0 Å². The normalized spacial score (nSPS) is 18.8. The van der Waals surface area contributed by atoms with Crippen molar-refractivity contribution in [1.29, 1.82) is 0 Å². The van der Waals surface area contributed by atoms with Crippen LogP contribution in [0.3, 0.4) is 0 Å². The van der Waals surface area contributed by atoms with Gasteiger partial charge in [0.2, 0.25) is 0 Å². The van der Waals surface area contributed by atoms with Gasteiger partial charge in [-0.2, -0.15) is 0 Å². The molecule has 0 bridgehead atoms. The van der Waals surface area contributed by atoms with E-state index in [0.29, 0.717) is 21.2 Å². The molecule has 2 nitrogen and oxygen atoms in total. The first-order valence-electron chi connectivity index (χ1n) is 6.08. The molecule has 6 heteroatoms. The van der Waals surface area contributed by atoms with E-state index < -0.39 is 0 Å². The van der Waals surface area contributed by atoms with Crippen LogP contribution in [-0.4, -0.2) is 17.0 Å². The Hall–Kier alpha value is 0.1000. The molecule has 19 heavy (non-hydrogen) atoms. The molecular weight excluding hydrogens is 367 g/mol. The Labute approximate surface area is 136 Å². The highest BCUT2D eigenvalue weighted by Crippen LogP contribution is 2.36. The third-order valence-corrected chi connectivity index (χ3v) is 4.87. The maximum absolute atomic E-state index is 6.19. The fraction of sp³-hybridized carbons (Fsp3) is 0.462. The maximum Gasteiger partial charge on any atom is 0.161 e. The van der Waals surface area contributed by atoms with E-state index in [1.54, 1.807) is 11.8 Å². The van der Waals surface area contributed by atoms with Crippen molar-refractivity contribution in [2.75, 3.05) is 11.9 Å². The molecule has 1 unspecified atom stereocenters. The summed E-state index contributed by atoms with van der Waals surface area (Å²) < 4.78 is 0.867. The van der Waals surface area contributed by atoms with Crippen molar-refractivity contribution >= 4 is 61.7 Å². The number of hydrogen-bond donors (Lipinski definition) is 1. The molecule has 1 N–H and O–H groups in total. The first kappa shape index (κ1) is 15.5. The van der Waals surface area contributed by atoms with Gasteiger partial charge in [0.1, 0.15) is 0 Å². The van der Waals surface area contributed by atoms with Crippen molar-refractivity contribution < 1.29 is 0 Å². The van der Waals surface area contributed by atoms with Gasteiger partial charge in [0, 0.05) is 9.72 Å². The third kappa shape index (κ3) is 4.28. The van der Waals surface area contributed by atoms with Crippen LogP contribution in [0.4, 0.5) is 5.69 Å². The van der Waals surface area contributed by atoms with E-state index in [0.717, 1.165) is 21.9 Å².